The standard InChI is InChI=1S/C25H22ClNO3/c26-23-14-11-20(12-15-23)13-16-25(29)30-19-24(28)27(17-21-7-3-1-4-8-21)18-22-9-5-2-6-10-22/h1-16H,17-19H2. The van der Waals surface area contributed by atoms with Crippen molar-refractivity contribution in [3.8, 4) is 0 Å². The number of benzene rings is 3. The molecule has 0 N–H and O–H groups in total. The van der Waals surface area contributed by atoms with Crippen LogP contribution in [0, 0.1) is 0 Å². The number of esters is 1. The molecule has 0 aromatic heterocycles. The Balaban J connectivity index is 1.60. The maximum Gasteiger partial charge on any atom is 0.331 e. The van der Waals surface area contributed by atoms with Gasteiger partial charge in [-0.05, 0) is 34.9 Å². The van der Waals surface area contributed by atoms with Gasteiger partial charge >= 0.3 is 5.97 Å². The molecule has 0 saturated carbocycles. The van der Waals surface area contributed by atoms with Gasteiger partial charge in [-0.15, -0.1) is 0 Å². The quantitative estimate of drug-likeness (QED) is 0.376. The van der Waals surface area contributed by atoms with Crippen LogP contribution in [0.15, 0.2) is 91.0 Å². The maximum absolute atomic E-state index is 12.8. The van der Waals surface area contributed by atoms with Crippen molar-refractivity contribution >= 4 is 29.6 Å². The van der Waals surface area contributed by atoms with E-state index in [1.54, 1.807) is 35.2 Å². The van der Waals surface area contributed by atoms with Crippen LogP contribution >= 0.6 is 11.6 Å². The molecule has 152 valence electrons. The molecule has 3 rings (SSSR count). The average molecular weight is 420 g/mol. The fraction of sp³-hybridized carbons (Fsp3) is 0.120. The van der Waals surface area contributed by atoms with Gasteiger partial charge in [0.25, 0.3) is 5.91 Å². The Morgan fingerprint density at radius 1 is 0.800 bits per heavy atom. The summed E-state index contributed by atoms with van der Waals surface area (Å²) in [5.74, 6) is -0.825. The van der Waals surface area contributed by atoms with Gasteiger partial charge < -0.3 is 9.64 Å². The average Bonchev–Trinajstić information content (AvgIpc) is 2.78. The zero-order valence-electron chi connectivity index (χ0n) is 16.4. The molecule has 0 spiro atoms. The Morgan fingerprint density at radius 3 is 1.87 bits per heavy atom. The molecule has 0 unspecified atom stereocenters. The maximum atomic E-state index is 12.8. The van der Waals surface area contributed by atoms with E-state index in [0.29, 0.717) is 18.1 Å². The number of carbonyl (C=O) groups is 2. The van der Waals surface area contributed by atoms with E-state index in [0.717, 1.165) is 16.7 Å². The molecule has 0 aliphatic carbocycles. The van der Waals surface area contributed by atoms with E-state index >= 15 is 0 Å². The summed E-state index contributed by atoms with van der Waals surface area (Å²) in [6, 6.07) is 26.5. The van der Waals surface area contributed by atoms with Gasteiger partial charge in [0.1, 0.15) is 0 Å². The molecule has 5 heteroatoms. The Labute approximate surface area is 181 Å². The topological polar surface area (TPSA) is 46.6 Å². The van der Waals surface area contributed by atoms with Crippen molar-refractivity contribution in [3.63, 3.8) is 0 Å². The van der Waals surface area contributed by atoms with Crippen molar-refractivity contribution in [1.82, 2.24) is 4.90 Å². The van der Waals surface area contributed by atoms with Crippen molar-refractivity contribution in [2.45, 2.75) is 13.1 Å². The van der Waals surface area contributed by atoms with Crippen LogP contribution in [0.3, 0.4) is 0 Å². The summed E-state index contributed by atoms with van der Waals surface area (Å²) < 4.78 is 5.16. The van der Waals surface area contributed by atoms with Gasteiger partial charge in [-0.3, -0.25) is 4.79 Å². The Morgan fingerprint density at radius 2 is 1.33 bits per heavy atom. The largest absolute Gasteiger partial charge is 0.452 e. The highest BCUT2D eigenvalue weighted by Crippen LogP contribution is 2.12. The zero-order valence-corrected chi connectivity index (χ0v) is 17.2. The minimum atomic E-state index is -0.572. The second-order valence-corrected chi connectivity index (χ2v) is 7.15. The smallest absolute Gasteiger partial charge is 0.331 e. The molecule has 0 radical (unpaired) electrons. The number of halogens is 1. The van der Waals surface area contributed by atoms with Gasteiger partial charge in [0.05, 0.1) is 0 Å². The minimum absolute atomic E-state index is 0.254. The van der Waals surface area contributed by atoms with E-state index in [1.807, 2.05) is 60.7 Å². The first kappa shape index (κ1) is 21.3. The van der Waals surface area contributed by atoms with Gasteiger partial charge in [0.2, 0.25) is 0 Å². The van der Waals surface area contributed by atoms with Crippen molar-refractivity contribution < 1.29 is 14.3 Å². The molecule has 0 aliphatic heterocycles. The Hall–Kier alpha value is -3.37. The third-order valence-corrected chi connectivity index (χ3v) is 4.66. The molecule has 0 atom stereocenters. The normalized spacial score (nSPS) is 10.7. The molecule has 0 saturated heterocycles. The number of rotatable bonds is 8. The van der Waals surface area contributed by atoms with Crippen molar-refractivity contribution in [1.29, 1.82) is 0 Å². The molecule has 30 heavy (non-hydrogen) atoms. The highest BCUT2D eigenvalue weighted by atomic mass is 35.5. The first-order chi connectivity index (χ1) is 14.6. The van der Waals surface area contributed by atoms with Gasteiger partial charge in [-0.1, -0.05) is 84.4 Å². The van der Waals surface area contributed by atoms with Crippen LogP contribution in [-0.2, 0) is 27.4 Å². The molecule has 0 bridgehead atoms. The lowest BCUT2D eigenvalue weighted by molar-refractivity contribution is -0.148. The second-order valence-electron chi connectivity index (χ2n) is 6.71. The third-order valence-electron chi connectivity index (χ3n) is 4.40. The summed E-state index contributed by atoms with van der Waals surface area (Å²) in [6.45, 7) is 0.558. The lowest BCUT2D eigenvalue weighted by atomic mass is 10.1. The van der Waals surface area contributed by atoms with E-state index in [2.05, 4.69) is 0 Å². The highest BCUT2D eigenvalue weighted by molar-refractivity contribution is 6.30. The van der Waals surface area contributed by atoms with Crippen molar-refractivity contribution in [2.75, 3.05) is 6.61 Å². The molecule has 1 amide bonds. The minimum Gasteiger partial charge on any atom is -0.452 e. The number of hydrogen-bond donors (Lipinski definition) is 0. The second kappa shape index (κ2) is 11.0. The van der Waals surface area contributed by atoms with E-state index < -0.39 is 5.97 Å². The van der Waals surface area contributed by atoms with Crippen LogP contribution in [0.5, 0.6) is 0 Å². The number of carbonyl (C=O) groups excluding carboxylic acids is 2. The summed E-state index contributed by atoms with van der Waals surface area (Å²) in [5.41, 5.74) is 2.84. The predicted octanol–water partition coefficient (Wildman–Crippen LogP) is 5.13. The van der Waals surface area contributed by atoms with Crippen LogP contribution in [0.1, 0.15) is 16.7 Å². The summed E-state index contributed by atoms with van der Waals surface area (Å²) in [6.07, 6.45) is 2.92. The number of hydrogen-bond acceptors (Lipinski definition) is 3. The fourth-order valence-corrected chi connectivity index (χ4v) is 2.98. The van der Waals surface area contributed by atoms with Crippen LogP contribution in [0.2, 0.25) is 5.02 Å². The summed E-state index contributed by atoms with van der Waals surface area (Å²) >= 11 is 5.85. The molecule has 3 aromatic carbocycles. The third kappa shape index (κ3) is 6.90. The van der Waals surface area contributed by atoms with Gasteiger partial charge in [0.15, 0.2) is 6.61 Å². The lowest BCUT2D eigenvalue weighted by Gasteiger charge is -2.23. The zero-order chi connectivity index (χ0) is 21.2. The van der Waals surface area contributed by atoms with Gasteiger partial charge in [-0.25, -0.2) is 4.79 Å². The van der Waals surface area contributed by atoms with Crippen LogP contribution in [-0.4, -0.2) is 23.4 Å². The van der Waals surface area contributed by atoms with E-state index in [9.17, 15) is 9.59 Å². The van der Waals surface area contributed by atoms with Crippen molar-refractivity contribution in [2.24, 2.45) is 0 Å². The Bertz CT molecular complexity index is 944. The van der Waals surface area contributed by atoms with E-state index in [4.69, 9.17) is 16.3 Å². The lowest BCUT2D eigenvalue weighted by Crippen LogP contribution is -2.33. The monoisotopic (exact) mass is 419 g/mol. The predicted molar refractivity (Wildman–Crippen MR) is 119 cm³/mol. The molecular weight excluding hydrogens is 398 g/mol. The van der Waals surface area contributed by atoms with Gasteiger partial charge in [0, 0.05) is 24.2 Å². The summed E-state index contributed by atoms with van der Waals surface area (Å²) in [4.78, 5) is 26.5. The van der Waals surface area contributed by atoms with E-state index in [-0.39, 0.29) is 12.5 Å². The SMILES string of the molecule is O=C(C=Cc1ccc(Cl)cc1)OCC(=O)N(Cc1ccccc1)Cc1ccccc1. The summed E-state index contributed by atoms with van der Waals surface area (Å²) in [5, 5.41) is 0.622. The molecule has 0 heterocycles. The van der Waals surface area contributed by atoms with Crippen LogP contribution in [0.4, 0.5) is 0 Å². The number of ether oxygens (including phenoxy) is 1. The first-order valence-electron chi connectivity index (χ1n) is 9.56. The van der Waals surface area contributed by atoms with E-state index in [1.165, 1.54) is 6.08 Å². The van der Waals surface area contributed by atoms with Crippen molar-refractivity contribution in [3.05, 3.63) is 113 Å². The summed E-state index contributed by atoms with van der Waals surface area (Å²) in [7, 11) is 0. The number of amides is 1. The molecule has 0 aliphatic rings. The van der Waals surface area contributed by atoms with Crippen LogP contribution in [0.25, 0.3) is 6.08 Å². The number of nitrogens with zero attached hydrogens (tertiary/aromatic N) is 1. The Kier molecular flexibility index (Phi) is 7.81. The molecule has 4 nitrogen and oxygen atoms in total. The molecular formula is C25H22ClNO3. The first-order valence-corrected chi connectivity index (χ1v) is 9.94. The molecule has 3 aromatic rings. The fourth-order valence-electron chi connectivity index (χ4n) is 2.85. The van der Waals surface area contributed by atoms with Gasteiger partial charge in [-0.2, -0.15) is 0 Å². The highest BCUT2D eigenvalue weighted by Gasteiger charge is 2.16. The molecule has 0 fully saturated rings. The van der Waals surface area contributed by atoms with Crippen LogP contribution < -0.4 is 0 Å².